The number of hydrogen-bond donors (Lipinski definition) is 1. The lowest BCUT2D eigenvalue weighted by Crippen LogP contribution is -2.13. The molecular formula is C18H16BrNO2. The molecule has 0 radical (unpaired) electrons. The first-order valence-electron chi connectivity index (χ1n) is 7.03. The summed E-state index contributed by atoms with van der Waals surface area (Å²) in [5.74, 6) is 0.0689. The van der Waals surface area contributed by atoms with E-state index in [0.29, 0.717) is 11.3 Å². The maximum Gasteiger partial charge on any atom is 0.291 e. The van der Waals surface area contributed by atoms with Crippen LogP contribution in [0.5, 0.6) is 0 Å². The molecular weight excluding hydrogens is 342 g/mol. The zero-order valence-electron chi connectivity index (χ0n) is 12.7. The molecule has 112 valence electrons. The van der Waals surface area contributed by atoms with Gasteiger partial charge in [-0.15, -0.1) is 0 Å². The van der Waals surface area contributed by atoms with Gasteiger partial charge in [0.1, 0.15) is 5.58 Å². The quantitative estimate of drug-likeness (QED) is 0.669. The molecule has 0 saturated heterocycles. The van der Waals surface area contributed by atoms with E-state index in [1.807, 2.05) is 39.0 Å². The van der Waals surface area contributed by atoms with E-state index in [4.69, 9.17) is 4.42 Å². The molecule has 0 unspecified atom stereocenters. The summed E-state index contributed by atoms with van der Waals surface area (Å²) in [5, 5.41) is 3.85. The van der Waals surface area contributed by atoms with Crippen molar-refractivity contribution in [3.8, 4) is 0 Å². The summed E-state index contributed by atoms with van der Waals surface area (Å²) < 4.78 is 6.56. The second-order valence-electron chi connectivity index (χ2n) is 5.49. The number of aryl methyl sites for hydroxylation is 3. The normalized spacial score (nSPS) is 10.9. The maximum absolute atomic E-state index is 12.5. The second-order valence-corrected chi connectivity index (χ2v) is 6.34. The molecule has 0 aliphatic rings. The molecule has 4 heteroatoms. The summed E-state index contributed by atoms with van der Waals surface area (Å²) in [4.78, 5) is 12.5. The number of anilines is 1. The third-order valence-corrected chi connectivity index (χ3v) is 4.34. The first-order valence-corrected chi connectivity index (χ1v) is 7.82. The molecule has 0 aliphatic heterocycles. The molecule has 3 rings (SSSR count). The Hall–Kier alpha value is -2.07. The van der Waals surface area contributed by atoms with Crippen LogP contribution < -0.4 is 5.32 Å². The number of nitrogens with one attached hydrogen (secondary N) is 1. The molecule has 1 N–H and O–H groups in total. The third-order valence-electron chi connectivity index (χ3n) is 3.65. The van der Waals surface area contributed by atoms with Crippen LogP contribution >= 0.6 is 15.9 Å². The highest BCUT2D eigenvalue weighted by atomic mass is 79.9. The Balaban J connectivity index is 1.95. The van der Waals surface area contributed by atoms with E-state index < -0.39 is 0 Å². The van der Waals surface area contributed by atoms with Gasteiger partial charge in [0.2, 0.25) is 0 Å². The van der Waals surface area contributed by atoms with E-state index in [1.54, 1.807) is 6.07 Å². The van der Waals surface area contributed by atoms with E-state index in [2.05, 4.69) is 33.4 Å². The molecule has 3 nitrogen and oxygen atoms in total. The molecule has 0 atom stereocenters. The fourth-order valence-corrected chi connectivity index (χ4v) is 3.15. The minimum Gasteiger partial charge on any atom is -0.451 e. The number of hydrogen-bond acceptors (Lipinski definition) is 2. The van der Waals surface area contributed by atoms with E-state index >= 15 is 0 Å². The van der Waals surface area contributed by atoms with Crippen molar-refractivity contribution in [2.24, 2.45) is 0 Å². The highest BCUT2D eigenvalue weighted by molar-refractivity contribution is 9.10. The lowest BCUT2D eigenvalue weighted by atomic mass is 10.1. The van der Waals surface area contributed by atoms with E-state index in [9.17, 15) is 4.79 Å². The van der Waals surface area contributed by atoms with Crippen LogP contribution in [0.3, 0.4) is 0 Å². The Bertz CT molecular complexity index is 857. The Morgan fingerprint density at radius 1 is 1.09 bits per heavy atom. The topological polar surface area (TPSA) is 42.2 Å². The van der Waals surface area contributed by atoms with Crippen molar-refractivity contribution in [3.63, 3.8) is 0 Å². The SMILES string of the molecule is Cc1cc(C)c(NC(=O)c2cc3c(Br)cccc3o2)c(C)c1. The number of carbonyl (C=O) groups is 1. The van der Waals surface area contributed by atoms with Crippen molar-refractivity contribution in [1.82, 2.24) is 0 Å². The monoisotopic (exact) mass is 357 g/mol. The van der Waals surface area contributed by atoms with Gasteiger partial charge >= 0.3 is 0 Å². The molecule has 0 spiro atoms. The van der Waals surface area contributed by atoms with Crippen molar-refractivity contribution < 1.29 is 9.21 Å². The summed E-state index contributed by atoms with van der Waals surface area (Å²) in [6.07, 6.45) is 0. The van der Waals surface area contributed by atoms with Crippen LogP contribution in [-0.2, 0) is 0 Å². The van der Waals surface area contributed by atoms with Crippen LogP contribution in [0.2, 0.25) is 0 Å². The Labute approximate surface area is 137 Å². The summed E-state index contributed by atoms with van der Waals surface area (Å²) >= 11 is 3.47. The Morgan fingerprint density at radius 2 is 1.77 bits per heavy atom. The molecule has 1 heterocycles. The van der Waals surface area contributed by atoms with Gasteiger partial charge in [-0.3, -0.25) is 4.79 Å². The fraction of sp³-hybridized carbons (Fsp3) is 0.167. The molecule has 0 saturated carbocycles. The van der Waals surface area contributed by atoms with Crippen LogP contribution in [0, 0.1) is 20.8 Å². The minimum atomic E-state index is -0.238. The van der Waals surface area contributed by atoms with Crippen LogP contribution in [0.4, 0.5) is 5.69 Å². The molecule has 22 heavy (non-hydrogen) atoms. The summed E-state index contributed by atoms with van der Waals surface area (Å²) in [7, 11) is 0. The van der Waals surface area contributed by atoms with Gasteiger partial charge < -0.3 is 9.73 Å². The predicted octanol–water partition coefficient (Wildman–Crippen LogP) is 5.37. The summed E-state index contributed by atoms with van der Waals surface area (Å²) in [6.45, 7) is 6.03. The summed E-state index contributed by atoms with van der Waals surface area (Å²) in [6, 6.07) is 11.5. The lowest BCUT2D eigenvalue weighted by molar-refractivity contribution is 0.0998. The van der Waals surface area contributed by atoms with Crippen LogP contribution in [0.1, 0.15) is 27.2 Å². The van der Waals surface area contributed by atoms with Gasteiger partial charge in [-0.1, -0.05) is 39.7 Å². The van der Waals surface area contributed by atoms with E-state index in [1.165, 1.54) is 5.56 Å². The highest BCUT2D eigenvalue weighted by Gasteiger charge is 2.15. The van der Waals surface area contributed by atoms with Crippen LogP contribution in [0.25, 0.3) is 11.0 Å². The number of amides is 1. The third kappa shape index (κ3) is 2.66. The number of rotatable bonds is 2. The molecule has 1 aromatic heterocycles. The minimum absolute atomic E-state index is 0.238. The van der Waals surface area contributed by atoms with E-state index in [0.717, 1.165) is 26.7 Å². The molecule has 0 aliphatic carbocycles. The van der Waals surface area contributed by atoms with Crippen molar-refractivity contribution in [2.45, 2.75) is 20.8 Å². The number of carbonyl (C=O) groups excluding carboxylic acids is 1. The van der Waals surface area contributed by atoms with Crippen molar-refractivity contribution >= 4 is 38.5 Å². The average molecular weight is 358 g/mol. The lowest BCUT2D eigenvalue weighted by Gasteiger charge is -2.11. The predicted molar refractivity (Wildman–Crippen MR) is 92.5 cm³/mol. The molecule has 0 bridgehead atoms. The number of furan rings is 1. The smallest absolute Gasteiger partial charge is 0.291 e. The van der Waals surface area contributed by atoms with Gasteiger partial charge in [0, 0.05) is 15.5 Å². The zero-order chi connectivity index (χ0) is 15.9. The number of fused-ring (bicyclic) bond motifs is 1. The first-order chi connectivity index (χ1) is 10.5. The fourth-order valence-electron chi connectivity index (χ4n) is 2.69. The zero-order valence-corrected chi connectivity index (χ0v) is 14.2. The van der Waals surface area contributed by atoms with Crippen molar-refractivity contribution in [2.75, 3.05) is 5.32 Å². The van der Waals surface area contributed by atoms with Crippen molar-refractivity contribution in [1.29, 1.82) is 0 Å². The largest absolute Gasteiger partial charge is 0.451 e. The van der Waals surface area contributed by atoms with Gasteiger partial charge in [0.15, 0.2) is 5.76 Å². The van der Waals surface area contributed by atoms with Crippen LogP contribution in [-0.4, -0.2) is 5.91 Å². The molecule has 1 amide bonds. The maximum atomic E-state index is 12.5. The van der Waals surface area contributed by atoms with Gasteiger partial charge in [-0.25, -0.2) is 0 Å². The van der Waals surface area contributed by atoms with Gasteiger partial charge in [-0.05, 0) is 50.1 Å². The summed E-state index contributed by atoms with van der Waals surface area (Å²) in [5.41, 5.74) is 4.80. The van der Waals surface area contributed by atoms with Crippen LogP contribution in [0.15, 0.2) is 45.3 Å². The van der Waals surface area contributed by atoms with Gasteiger partial charge in [0.25, 0.3) is 5.91 Å². The molecule has 0 fully saturated rings. The Morgan fingerprint density at radius 3 is 2.41 bits per heavy atom. The van der Waals surface area contributed by atoms with Gasteiger partial charge in [-0.2, -0.15) is 0 Å². The Kier molecular flexibility index (Phi) is 3.79. The first kappa shape index (κ1) is 14.9. The average Bonchev–Trinajstić information content (AvgIpc) is 2.88. The van der Waals surface area contributed by atoms with Gasteiger partial charge in [0.05, 0.1) is 0 Å². The molecule has 2 aromatic carbocycles. The van der Waals surface area contributed by atoms with E-state index in [-0.39, 0.29) is 5.91 Å². The number of halogens is 1. The van der Waals surface area contributed by atoms with Crippen molar-refractivity contribution in [3.05, 3.63) is 63.3 Å². The highest BCUT2D eigenvalue weighted by Crippen LogP contribution is 2.28. The second kappa shape index (κ2) is 5.61. The standard InChI is InChI=1S/C18H16BrNO2/c1-10-7-11(2)17(12(3)8-10)20-18(21)16-9-13-14(19)5-4-6-15(13)22-16/h4-9H,1-3H3,(H,20,21). The molecule has 3 aromatic rings. The number of benzene rings is 2.